The molecule has 4 heterocycles. The summed E-state index contributed by atoms with van der Waals surface area (Å²) in [5.74, 6) is -1.98. The quantitative estimate of drug-likeness (QED) is 0.145. The second kappa shape index (κ2) is 11.9. The molecule has 2 aromatic rings. The number of thioether (sulfide) groups is 2. The van der Waals surface area contributed by atoms with Crippen molar-refractivity contribution in [2.45, 2.75) is 48.7 Å². The van der Waals surface area contributed by atoms with Crippen molar-refractivity contribution in [3.63, 3.8) is 0 Å². The maximum absolute atomic E-state index is 13.1. The summed E-state index contributed by atoms with van der Waals surface area (Å²) in [6, 6.07) is 4.16. The molecule has 0 spiro atoms. The highest BCUT2D eigenvalue weighted by Crippen LogP contribution is 2.41. The lowest BCUT2D eigenvalue weighted by atomic mass is 9.92. The number of hydrogen-bond acceptors (Lipinski definition) is 9. The Balaban J connectivity index is 1.47. The SMILES string of the molecule is C=CNC(=O)NC(C(=O)N[C@@H]1C(=O)N2C(C(=O)O)=C(CSc3ccc(C(C)(C)C)n[n+]3[O-])CSC12)c1cccs1. The summed E-state index contributed by atoms with van der Waals surface area (Å²) >= 11 is 3.72. The van der Waals surface area contributed by atoms with Gasteiger partial charge in [-0.2, -0.15) is 0 Å². The Bertz CT molecular complexity index is 1370. The molecule has 4 N–H and O–H groups in total. The van der Waals surface area contributed by atoms with Crippen LogP contribution in [-0.4, -0.2) is 61.8 Å². The smallest absolute Gasteiger partial charge is 0.352 e. The number of urea groups is 1. The normalized spacial score (nSPS) is 19.3. The fourth-order valence-electron chi connectivity index (χ4n) is 4.08. The second-order valence-corrected chi connectivity index (χ2v) is 13.0. The Labute approximate surface area is 242 Å². The van der Waals surface area contributed by atoms with E-state index in [0.717, 1.165) is 11.8 Å². The van der Waals surface area contributed by atoms with Gasteiger partial charge in [-0.3, -0.25) is 14.5 Å². The lowest BCUT2D eigenvalue weighted by Gasteiger charge is -2.49. The van der Waals surface area contributed by atoms with Crippen LogP contribution in [-0.2, 0) is 19.8 Å². The van der Waals surface area contributed by atoms with Gasteiger partial charge < -0.3 is 26.3 Å². The van der Waals surface area contributed by atoms with Crippen molar-refractivity contribution in [1.82, 2.24) is 25.9 Å². The molecule has 15 heteroatoms. The standard InChI is InChI=1S/C25H28N6O6S3/c1-5-26-24(36)28-17(14-7-6-10-38-14)20(32)27-18-21(33)30-19(23(34)35)13(12-40-22(18)30)11-39-16-9-8-15(25(2,3)4)29-31(16)37/h5-10,17-18,22H,1,11-12H2,2-4H3,(H,27,32)(H,34,35)(H2,26,28,36)/t17?,18-,22?/m1/s1. The molecule has 0 aliphatic carbocycles. The number of thiophene rings is 1. The van der Waals surface area contributed by atoms with Crippen LogP contribution in [0.25, 0.3) is 0 Å². The monoisotopic (exact) mass is 604 g/mol. The van der Waals surface area contributed by atoms with Gasteiger partial charge in [-0.05, 0) is 45.9 Å². The van der Waals surface area contributed by atoms with Gasteiger partial charge in [-0.25, -0.2) is 9.59 Å². The highest BCUT2D eigenvalue weighted by molar-refractivity contribution is 8.01. The summed E-state index contributed by atoms with van der Waals surface area (Å²) in [5.41, 5.74) is 0.661. The van der Waals surface area contributed by atoms with Crippen molar-refractivity contribution in [2.75, 3.05) is 11.5 Å². The number of carboxylic acid groups (broad SMARTS) is 1. The molecule has 0 saturated carbocycles. The van der Waals surface area contributed by atoms with Gasteiger partial charge in [-0.1, -0.05) is 33.4 Å². The van der Waals surface area contributed by atoms with E-state index in [1.165, 1.54) is 34.2 Å². The van der Waals surface area contributed by atoms with Crippen LogP contribution in [0.3, 0.4) is 0 Å². The second-order valence-electron chi connectivity index (χ2n) is 9.89. The number of nitrogens with zero attached hydrogens (tertiary/aromatic N) is 3. The lowest BCUT2D eigenvalue weighted by molar-refractivity contribution is -0.707. The first kappa shape index (κ1) is 29.4. The first-order chi connectivity index (χ1) is 18.9. The van der Waals surface area contributed by atoms with Crippen molar-refractivity contribution in [1.29, 1.82) is 0 Å². The summed E-state index contributed by atoms with van der Waals surface area (Å²) in [5, 5.41) is 35.5. The minimum absolute atomic E-state index is 0.151. The van der Waals surface area contributed by atoms with Crippen molar-refractivity contribution < 1.29 is 29.1 Å². The molecule has 2 aromatic heterocycles. The molecular formula is C25H28N6O6S3. The third kappa shape index (κ3) is 6.10. The molecule has 40 heavy (non-hydrogen) atoms. The number of nitrogens with one attached hydrogen (secondary N) is 3. The number of amides is 4. The number of aromatic nitrogens is 2. The van der Waals surface area contributed by atoms with E-state index >= 15 is 0 Å². The van der Waals surface area contributed by atoms with Gasteiger partial charge in [0.05, 0.1) is 0 Å². The zero-order valence-corrected chi connectivity index (χ0v) is 24.3. The third-order valence-corrected chi connectivity index (χ3v) is 9.44. The minimum atomic E-state index is -1.27. The van der Waals surface area contributed by atoms with E-state index in [1.807, 2.05) is 20.8 Å². The van der Waals surface area contributed by atoms with Gasteiger partial charge in [-0.15, -0.1) is 23.1 Å². The average molecular weight is 605 g/mol. The Kier molecular flexibility index (Phi) is 8.75. The summed E-state index contributed by atoms with van der Waals surface area (Å²) in [7, 11) is 0. The Morgan fingerprint density at radius 2 is 2.10 bits per heavy atom. The van der Waals surface area contributed by atoms with E-state index in [2.05, 4.69) is 27.6 Å². The van der Waals surface area contributed by atoms with Crippen molar-refractivity contribution in [3.05, 3.63) is 69.5 Å². The summed E-state index contributed by atoms with van der Waals surface area (Å²) in [6.45, 7) is 9.25. The van der Waals surface area contributed by atoms with Crippen LogP contribution in [0.4, 0.5) is 4.79 Å². The van der Waals surface area contributed by atoms with Gasteiger partial charge in [0.1, 0.15) is 28.8 Å². The molecule has 0 radical (unpaired) electrons. The van der Waals surface area contributed by atoms with Crippen molar-refractivity contribution in [2.24, 2.45) is 0 Å². The number of hydrogen-bond donors (Lipinski definition) is 4. The molecular weight excluding hydrogens is 577 g/mol. The van der Waals surface area contributed by atoms with Crippen LogP contribution < -0.4 is 20.8 Å². The van der Waals surface area contributed by atoms with Crippen LogP contribution in [0.1, 0.15) is 37.4 Å². The van der Waals surface area contributed by atoms with Gasteiger partial charge in [0.15, 0.2) is 0 Å². The number of β-lactam (4-membered cyclic amide) rings is 1. The molecule has 2 aliphatic rings. The van der Waals surface area contributed by atoms with Crippen LogP contribution in [0.15, 0.2) is 58.7 Å². The largest absolute Gasteiger partial charge is 0.593 e. The van der Waals surface area contributed by atoms with E-state index in [-0.39, 0.29) is 22.6 Å². The maximum Gasteiger partial charge on any atom is 0.352 e. The summed E-state index contributed by atoms with van der Waals surface area (Å²) in [6.07, 6.45) is 1.17. The van der Waals surface area contributed by atoms with Crippen molar-refractivity contribution >= 4 is 58.7 Å². The number of aliphatic carboxylic acids is 1. The molecule has 212 valence electrons. The summed E-state index contributed by atoms with van der Waals surface area (Å²) in [4.78, 5) is 52.8. The highest BCUT2D eigenvalue weighted by atomic mass is 32.2. The van der Waals surface area contributed by atoms with E-state index < -0.39 is 41.3 Å². The molecule has 2 aliphatic heterocycles. The van der Waals surface area contributed by atoms with Crippen LogP contribution in [0, 0.1) is 5.21 Å². The fourth-order valence-corrected chi connectivity index (χ4v) is 7.20. The van der Waals surface area contributed by atoms with E-state index in [0.29, 0.717) is 26.0 Å². The molecule has 1 saturated heterocycles. The van der Waals surface area contributed by atoms with Gasteiger partial charge >= 0.3 is 12.0 Å². The first-order valence-electron chi connectivity index (χ1n) is 12.1. The topological polar surface area (TPSA) is 168 Å². The predicted molar refractivity (Wildman–Crippen MR) is 151 cm³/mol. The predicted octanol–water partition coefficient (Wildman–Crippen LogP) is 2.09. The molecule has 4 rings (SSSR count). The minimum Gasteiger partial charge on any atom is -0.593 e. The van der Waals surface area contributed by atoms with E-state index in [9.17, 15) is 29.5 Å². The van der Waals surface area contributed by atoms with Gasteiger partial charge in [0, 0.05) is 33.0 Å². The lowest BCUT2D eigenvalue weighted by Crippen LogP contribution is -2.71. The Morgan fingerprint density at radius 3 is 2.70 bits per heavy atom. The number of rotatable bonds is 9. The molecule has 3 atom stereocenters. The third-order valence-electron chi connectivity index (χ3n) is 6.08. The zero-order chi connectivity index (χ0) is 29.2. The van der Waals surface area contributed by atoms with Crippen molar-refractivity contribution in [3.8, 4) is 0 Å². The van der Waals surface area contributed by atoms with Gasteiger partial charge in [0.25, 0.3) is 10.9 Å². The zero-order valence-electron chi connectivity index (χ0n) is 21.9. The summed E-state index contributed by atoms with van der Waals surface area (Å²) < 4.78 is 0. The first-order valence-corrected chi connectivity index (χ1v) is 15.0. The number of carboxylic acids is 1. The maximum atomic E-state index is 13.1. The Hall–Kier alpha value is -3.56. The van der Waals surface area contributed by atoms with Crippen LogP contribution in [0.5, 0.6) is 0 Å². The van der Waals surface area contributed by atoms with Crippen LogP contribution in [0.2, 0.25) is 0 Å². The molecule has 0 aromatic carbocycles. The number of carbonyl (C=O) groups is 4. The molecule has 4 amide bonds. The highest BCUT2D eigenvalue weighted by Gasteiger charge is 2.54. The molecule has 12 nitrogen and oxygen atoms in total. The fraction of sp³-hybridized carbons (Fsp3) is 0.360. The van der Waals surface area contributed by atoms with E-state index in [1.54, 1.807) is 29.6 Å². The Morgan fingerprint density at radius 1 is 1.35 bits per heavy atom. The number of fused-ring (bicyclic) bond motifs is 1. The molecule has 0 bridgehead atoms. The van der Waals surface area contributed by atoms with Crippen LogP contribution >= 0.6 is 34.9 Å². The average Bonchev–Trinajstić information content (AvgIpc) is 3.43. The molecule has 1 fully saturated rings. The van der Waals surface area contributed by atoms with Gasteiger partial charge in [0.2, 0.25) is 5.91 Å². The molecule has 2 unspecified atom stereocenters. The van der Waals surface area contributed by atoms with E-state index in [4.69, 9.17) is 0 Å². The number of carbonyl (C=O) groups excluding carboxylic acids is 3.